The molecule has 0 spiro atoms. The number of hydrogen-bond donors (Lipinski definition) is 0. The van der Waals surface area contributed by atoms with E-state index < -0.39 is 24.2 Å². The largest absolute Gasteiger partial charge is 0.349 e. The van der Waals surface area contributed by atoms with E-state index in [-0.39, 0.29) is 21.2 Å². The normalized spacial score (nSPS) is 20.0. The molecule has 0 bridgehead atoms. The van der Waals surface area contributed by atoms with Crippen LogP contribution < -0.4 is 9.80 Å². The maximum atomic E-state index is 11.9. The van der Waals surface area contributed by atoms with E-state index in [0.717, 1.165) is 56.4 Å². The van der Waals surface area contributed by atoms with Crippen LogP contribution in [-0.4, -0.2) is 33.4 Å². The quantitative estimate of drug-likeness (QED) is 0.128. The number of nitro benzene ring substituents is 2. The minimum absolute atomic E-state index is 0.00763. The molecule has 52 heavy (non-hydrogen) atoms. The van der Waals surface area contributed by atoms with Crippen molar-refractivity contribution in [3.8, 4) is 0 Å². The number of aliphatic imine (C=N–C) groups is 2. The summed E-state index contributed by atoms with van der Waals surface area (Å²) in [5, 5.41) is 23.7. The van der Waals surface area contributed by atoms with Crippen molar-refractivity contribution in [2.24, 2.45) is 9.98 Å². The van der Waals surface area contributed by atoms with Crippen LogP contribution in [0.5, 0.6) is 0 Å². The second-order valence-corrected chi connectivity index (χ2v) is 13.0. The van der Waals surface area contributed by atoms with E-state index in [0.29, 0.717) is 0 Å². The van der Waals surface area contributed by atoms with E-state index in [1.54, 1.807) is 24.3 Å². The Bertz CT molecular complexity index is 2230. The molecule has 0 saturated carbocycles. The van der Waals surface area contributed by atoms with Gasteiger partial charge >= 0.3 is 0 Å². The lowest BCUT2D eigenvalue weighted by Gasteiger charge is -2.60. The van der Waals surface area contributed by atoms with E-state index in [4.69, 9.17) is 9.98 Å². The number of fused-ring (bicyclic) bond motifs is 6. The first-order valence-electron chi connectivity index (χ1n) is 17.0. The number of hydrogen-bond acceptors (Lipinski definition) is 8. The van der Waals surface area contributed by atoms with E-state index in [9.17, 15) is 20.2 Å². The van der Waals surface area contributed by atoms with Gasteiger partial charge in [0.05, 0.1) is 68.2 Å². The van der Waals surface area contributed by atoms with Gasteiger partial charge in [-0.15, -0.1) is 0 Å². The molecule has 3 aliphatic rings. The molecule has 6 aromatic rings. The fourth-order valence-corrected chi connectivity index (χ4v) is 8.02. The van der Waals surface area contributed by atoms with Gasteiger partial charge < -0.3 is 9.80 Å². The Kier molecular flexibility index (Phi) is 7.43. The molecule has 4 unspecified atom stereocenters. The van der Waals surface area contributed by atoms with Crippen LogP contribution in [0.15, 0.2) is 168 Å². The predicted octanol–water partition coefficient (Wildman–Crippen LogP) is 9.32. The molecular formula is C42H30N6O4. The van der Waals surface area contributed by atoms with Crippen LogP contribution in [0.4, 0.5) is 34.1 Å². The average Bonchev–Trinajstić information content (AvgIpc) is 3.20. The Morgan fingerprint density at radius 1 is 0.423 bits per heavy atom. The maximum Gasteiger partial charge on any atom is 0.269 e. The number of nitro groups is 2. The predicted molar refractivity (Wildman–Crippen MR) is 202 cm³/mol. The zero-order chi connectivity index (χ0) is 35.3. The van der Waals surface area contributed by atoms with Crippen molar-refractivity contribution in [1.82, 2.24) is 0 Å². The topological polar surface area (TPSA) is 117 Å². The lowest BCUT2D eigenvalue weighted by molar-refractivity contribution is -0.385. The smallest absolute Gasteiger partial charge is 0.269 e. The average molecular weight is 683 g/mol. The first-order chi connectivity index (χ1) is 25.5. The molecular weight excluding hydrogens is 652 g/mol. The van der Waals surface area contributed by atoms with Gasteiger partial charge in [0.1, 0.15) is 0 Å². The molecule has 0 radical (unpaired) electrons. The Morgan fingerprint density at radius 3 is 1.13 bits per heavy atom. The highest BCUT2D eigenvalue weighted by Crippen LogP contribution is 2.56. The summed E-state index contributed by atoms with van der Waals surface area (Å²) in [5.74, 6) is 0. The summed E-state index contributed by atoms with van der Waals surface area (Å²) in [6.45, 7) is 0. The minimum atomic E-state index is -0.418. The van der Waals surface area contributed by atoms with Gasteiger partial charge in [0.2, 0.25) is 0 Å². The Balaban J connectivity index is 1.39. The molecule has 4 atom stereocenters. The van der Waals surface area contributed by atoms with Crippen LogP contribution in [-0.2, 0) is 0 Å². The first-order valence-corrected chi connectivity index (χ1v) is 17.0. The third kappa shape index (κ3) is 5.03. The minimum Gasteiger partial charge on any atom is -0.349 e. The number of anilines is 2. The molecule has 3 aliphatic heterocycles. The number of benzene rings is 6. The van der Waals surface area contributed by atoms with E-state index in [1.807, 2.05) is 97.1 Å². The molecule has 10 nitrogen and oxygen atoms in total. The third-order valence-electron chi connectivity index (χ3n) is 10.2. The molecule has 1 fully saturated rings. The zero-order valence-corrected chi connectivity index (χ0v) is 27.6. The zero-order valence-electron chi connectivity index (χ0n) is 27.6. The van der Waals surface area contributed by atoms with Crippen molar-refractivity contribution < 1.29 is 9.85 Å². The van der Waals surface area contributed by atoms with Crippen molar-refractivity contribution in [3.63, 3.8) is 0 Å². The number of rotatable bonds is 6. The van der Waals surface area contributed by atoms with Gasteiger partial charge in [0.15, 0.2) is 0 Å². The van der Waals surface area contributed by atoms with Gasteiger partial charge in [-0.05, 0) is 46.5 Å². The van der Waals surface area contributed by atoms with Crippen LogP contribution in [0.25, 0.3) is 0 Å². The molecule has 6 aromatic carbocycles. The van der Waals surface area contributed by atoms with Crippen LogP contribution in [0, 0.1) is 20.2 Å². The summed E-state index contributed by atoms with van der Waals surface area (Å²) < 4.78 is 0. The lowest BCUT2D eigenvalue weighted by Crippen LogP contribution is -2.67. The standard InChI is InChI=1S/C42H30N6O4/c49-47(50)31-23-19-29(20-24-31)39-41-37(27-11-3-1-4-12-27)43-33-15-7-9-17-35(33)45(41)40(30-21-25-32(26-22-30)48(51)52)42-38(28-13-5-2-6-14-28)44-34-16-8-10-18-36(34)46(39)42/h1-26,39-42H. The van der Waals surface area contributed by atoms with E-state index in [1.165, 1.54) is 0 Å². The SMILES string of the molecule is O=[N+]([O-])c1ccc(C2C3C(c4ccccc4)=Nc4ccccc4N3C(c3ccc([N+](=O)[O-])cc3)C3C(c4ccccc4)=Nc4ccccc4N32)cc1. The van der Waals surface area contributed by atoms with E-state index >= 15 is 0 Å². The first kappa shape index (κ1) is 31.1. The van der Waals surface area contributed by atoms with Crippen molar-refractivity contribution in [1.29, 1.82) is 0 Å². The monoisotopic (exact) mass is 682 g/mol. The molecule has 3 heterocycles. The Labute approximate surface area is 299 Å². The van der Waals surface area contributed by atoms with Gasteiger partial charge in [0, 0.05) is 24.3 Å². The molecule has 9 rings (SSSR count). The molecule has 0 aliphatic carbocycles. The van der Waals surface area contributed by atoms with Crippen LogP contribution in [0.2, 0.25) is 0 Å². The summed E-state index contributed by atoms with van der Waals surface area (Å²) >= 11 is 0. The molecule has 252 valence electrons. The molecule has 1 saturated heterocycles. The number of nitrogens with zero attached hydrogens (tertiary/aromatic N) is 6. The van der Waals surface area contributed by atoms with Crippen molar-refractivity contribution >= 4 is 45.5 Å². The highest BCUT2D eigenvalue weighted by Gasteiger charge is 2.55. The number of para-hydroxylation sites is 4. The summed E-state index contributed by atoms with van der Waals surface area (Å²) in [5.41, 5.74) is 8.76. The van der Waals surface area contributed by atoms with Crippen molar-refractivity contribution in [2.75, 3.05) is 9.80 Å². The number of piperazine rings is 1. The van der Waals surface area contributed by atoms with Crippen molar-refractivity contribution in [2.45, 2.75) is 24.2 Å². The second kappa shape index (κ2) is 12.4. The van der Waals surface area contributed by atoms with Gasteiger partial charge in [-0.2, -0.15) is 0 Å². The molecule has 0 aromatic heterocycles. The third-order valence-corrected chi connectivity index (χ3v) is 10.2. The van der Waals surface area contributed by atoms with Crippen molar-refractivity contribution in [3.05, 3.63) is 200 Å². The summed E-state index contributed by atoms with van der Waals surface area (Å²) in [6.07, 6.45) is 0. The highest BCUT2D eigenvalue weighted by atomic mass is 16.6. The summed E-state index contributed by atoms with van der Waals surface area (Å²) in [7, 11) is 0. The van der Waals surface area contributed by atoms with Gasteiger partial charge in [-0.3, -0.25) is 20.2 Å². The Morgan fingerprint density at radius 2 is 0.769 bits per heavy atom. The van der Waals surface area contributed by atoms with Crippen LogP contribution in [0.3, 0.4) is 0 Å². The van der Waals surface area contributed by atoms with Gasteiger partial charge in [0.25, 0.3) is 11.4 Å². The molecule has 0 N–H and O–H groups in total. The second-order valence-electron chi connectivity index (χ2n) is 13.0. The highest BCUT2D eigenvalue weighted by molar-refractivity contribution is 6.15. The summed E-state index contributed by atoms with van der Waals surface area (Å²) in [6, 6.07) is 48.3. The van der Waals surface area contributed by atoms with E-state index in [2.05, 4.69) is 46.2 Å². The lowest BCUT2D eigenvalue weighted by atomic mass is 9.76. The number of non-ortho nitro benzene ring substituents is 2. The van der Waals surface area contributed by atoms with Crippen LogP contribution >= 0.6 is 0 Å². The van der Waals surface area contributed by atoms with Crippen LogP contribution in [0.1, 0.15) is 34.3 Å². The fraction of sp³-hybridized carbons (Fsp3) is 0.0952. The molecule has 0 amide bonds. The Hall–Kier alpha value is -6.94. The summed E-state index contributed by atoms with van der Waals surface area (Å²) in [4.78, 5) is 38.5. The van der Waals surface area contributed by atoms with Gasteiger partial charge in [-0.25, -0.2) is 9.98 Å². The van der Waals surface area contributed by atoms with Gasteiger partial charge in [-0.1, -0.05) is 109 Å². The molecule has 10 heteroatoms. The maximum absolute atomic E-state index is 11.9. The fourth-order valence-electron chi connectivity index (χ4n) is 8.02.